The molecule has 0 saturated heterocycles. The molecule has 1 heterocycles. The molecule has 0 aliphatic rings. The van der Waals surface area contributed by atoms with E-state index in [0.29, 0.717) is 5.69 Å². The summed E-state index contributed by atoms with van der Waals surface area (Å²) in [6, 6.07) is 3.75. The Kier molecular flexibility index (Phi) is 4.33. The first-order valence-corrected chi connectivity index (χ1v) is 6.18. The molecule has 0 radical (unpaired) electrons. The van der Waals surface area contributed by atoms with Crippen LogP contribution in [0.15, 0.2) is 18.3 Å². The molecule has 1 amide bonds. The summed E-state index contributed by atoms with van der Waals surface area (Å²) in [7, 11) is 3.65. The highest BCUT2D eigenvalue weighted by atomic mass is 16.2. The van der Waals surface area contributed by atoms with E-state index in [1.807, 2.05) is 20.2 Å². The van der Waals surface area contributed by atoms with Gasteiger partial charge in [-0.3, -0.25) is 9.78 Å². The second-order valence-corrected chi connectivity index (χ2v) is 5.64. The first-order valence-electron chi connectivity index (χ1n) is 6.18. The van der Waals surface area contributed by atoms with Crippen molar-refractivity contribution in [2.45, 2.75) is 33.7 Å². The highest BCUT2D eigenvalue weighted by molar-refractivity contribution is 5.93. The van der Waals surface area contributed by atoms with E-state index < -0.39 is 0 Å². The molecule has 1 rings (SSSR count). The molecular formula is C14H23N3O. The van der Waals surface area contributed by atoms with Gasteiger partial charge in [-0.25, -0.2) is 0 Å². The number of carbonyl (C=O) groups is 1. The van der Waals surface area contributed by atoms with Gasteiger partial charge in [0, 0.05) is 32.0 Å². The Morgan fingerprint density at radius 3 is 2.56 bits per heavy atom. The summed E-state index contributed by atoms with van der Waals surface area (Å²) in [5.41, 5.74) is 1.41. The summed E-state index contributed by atoms with van der Waals surface area (Å²) >= 11 is 0. The summed E-state index contributed by atoms with van der Waals surface area (Å²) in [6.45, 7) is 8.43. The minimum Gasteiger partial charge on any atom is -0.388 e. The van der Waals surface area contributed by atoms with E-state index in [4.69, 9.17) is 0 Å². The Bertz CT molecular complexity index is 423. The van der Waals surface area contributed by atoms with Gasteiger partial charge < -0.3 is 10.2 Å². The van der Waals surface area contributed by atoms with Crippen LogP contribution in [0, 0.1) is 5.41 Å². The van der Waals surface area contributed by atoms with Gasteiger partial charge in [-0.2, -0.15) is 0 Å². The van der Waals surface area contributed by atoms with Gasteiger partial charge in [0.25, 0.3) is 5.91 Å². The van der Waals surface area contributed by atoms with E-state index in [1.54, 1.807) is 17.2 Å². The van der Waals surface area contributed by atoms with Crippen molar-refractivity contribution in [1.29, 1.82) is 0 Å². The lowest BCUT2D eigenvalue weighted by Gasteiger charge is -2.35. The summed E-state index contributed by atoms with van der Waals surface area (Å²) in [5, 5.41) is 3.01. The topological polar surface area (TPSA) is 45.2 Å². The fourth-order valence-corrected chi connectivity index (χ4v) is 1.64. The van der Waals surface area contributed by atoms with Gasteiger partial charge in [-0.05, 0) is 24.5 Å². The van der Waals surface area contributed by atoms with Crippen LogP contribution in [0.1, 0.15) is 38.2 Å². The van der Waals surface area contributed by atoms with Crippen molar-refractivity contribution in [3.8, 4) is 0 Å². The fraction of sp³-hybridized carbons (Fsp3) is 0.571. The monoisotopic (exact) mass is 249 g/mol. The highest BCUT2D eigenvalue weighted by Crippen LogP contribution is 2.24. The minimum absolute atomic E-state index is 0.0467. The number of hydrogen-bond acceptors (Lipinski definition) is 3. The molecule has 1 aromatic heterocycles. The lowest BCUT2D eigenvalue weighted by Crippen LogP contribution is -2.43. The van der Waals surface area contributed by atoms with E-state index in [1.165, 1.54) is 0 Å². The lowest BCUT2D eigenvalue weighted by atomic mass is 9.87. The molecule has 1 N–H and O–H groups in total. The third-order valence-corrected chi connectivity index (χ3v) is 3.42. The van der Waals surface area contributed by atoms with Crippen molar-refractivity contribution in [2.75, 3.05) is 19.4 Å². The van der Waals surface area contributed by atoms with Crippen LogP contribution in [-0.2, 0) is 0 Å². The van der Waals surface area contributed by atoms with Crippen LogP contribution in [-0.4, -0.2) is 35.9 Å². The van der Waals surface area contributed by atoms with Gasteiger partial charge in [0.1, 0.15) is 5.69 Å². The SMILES string of the molecule is CNc1ccnc(C(=O)N(C)C(C)C(C)(C)C)c1. The molecule has 0 spiro atoms. The molecular weight excluding hydrogens is 226 g/mol. The van der Waals surface area contributed by atoms with Crippen LogP contribution in [0.5, 0.6) is 0 Å². The highest BCUT2D eigenvalue weighted by Gasteiger charge is 2.28. The molecule has 4 heteroatoms. The molecule has 100 valence electrons. The van der Waals surface area contributed by atoms with Crippen molar-refractivity contribution in [1.82, 2.24) is 9.88 Å². The van der Waals surface area contributed by atoms with Crippen LogP contribution in [0.25, 0.3) is 0 Å². The average Bonchev–Trinajstić information content (AvgIpc) is 2.35. The molecule has 0 aliphatic heterocycles. The standard InChI is InChI=1S/C14H23N3O/c1-10(14(2,3)4)17(6)13(18)12-9-11(15-5)7-8-16-12/h7-10H,1-6H3,(H,15,16). The zero-order valence-electron chi connectivity index (χ0n) is 12.1. The number of anilines is 1. The van der Waals surface area contributed by atoms with E-state index >= 15 is 0 Å². The fourth-order valence-electron chi connectivity index (χ4n) is 1.64. The number of hydrogen-bond donors (Lipinski definition) is 1. The number of carbonyl (C=O) groups excluding carboxylic acids is 1. The molecule has 0 aromatic carbocycles. The largest absolute Gasteiger partial charge is 0.388 e. The quantitative estimate of drug-likeness (QED) is 0.895. The number of nitrogens with one attached hydrogen (secondary N) is 1. The molecule has 1 atom stereocenters. The van der Waals surface area contributed by atoms with Crippen LogP contribution >= 0.6 is 0 Å². The maximum Gasteiger partial charge on any atom is 0.272 e. The van der Waals surface area contributed by atoms with Crippen molar-refractivity contribution in [2.24, 2.45) is 5.41 Å². The first-order chi connectivity index (χ1) is 8.27. The molecule has 0 aliphatic carbocycles. The van der Waals surface area contributed by atoms with Crippen LogP contribution in [0.2, 0.25) is 0 Å². The van der Waals surface area contributed by atoms with E-state index in [2.05, 4.69) is 38.0 Å². The van der Waals surface area contributed by atoms with Gasteiger partial charge >= 0.3 is 0 Å². The van der Waals surface area contributed by atoms with Gasteiger partial charge in [0.05, 0.1) is 0 Å². The molecule has 1 unspecified atom stereocenters. The third-order valence-electron chi connectivity index (χ3n) is 3.42. The summed E-state index contributed by atoms with van der Waals surface area (Å²) in [5.74, 6) is -0.0467. The number of pyridine rings is 1. The van der Waals surface area contributed by atoms with Crippen molar-refractivity contribution in [3.05, 3.63) is 24.0 Å². The average molecular weight is 249 g/mol. The van der Waals surface area contributed by atoms with E-state index in [-0.39, 0.29) is 17.4 Å². The summed E-state index contributed by atoms with van der Waals surface area (Å²) in [4.78, 5) is 18.2. The number of aromatic nitrogens is 1. The molecule has 18 heavy (non-hydrogen) atoms. The van der Waals surface area contributed by atoms with Gasteiger partial charge in [-0.1, -0.05) is 20.8 Å². The second-order valence-electron chi connectivity index (χ2n) is 5.64. The number of amides is 1. The predicted octanol–water partition coefficient (Wildman–Crippen LogP) is 2.63. The number of nitrogens with zero attached hydrogens (tertiary/aromatic N) is 2. The van der Waals surface area contributed by atoms with Crippen molar-refractivity contribution >= 4 is 11.6 Å². The molecule has 1 aromatic rings. The van der Waals surface area contributed by atoms with E-state index in [9.17, 15) is 4.79 Å². The summed E-state index contributed by atoms with van der Waals surface area (Å²) in [6.07, 6.45) is 1.65. The molecule has 0 saturated carbocycles. The van der Waals surface area contributed by atoms with Crippen LogP contribution in [0.3, 0.4) is 0 Å². The Morgan fingerprint density at radius 2 is 2.06 bits per heavy atom. The van der Waals surface area contributed by atoms with Gasteiger partial charge in [0.2, 0.25) is 0 Å². The van der Waals surface area contributed by atoms with Gasteiger partial charge in [-0.15, -0.1) is 0 Å². The number of rotatable bonds is 3. The first kappa shape index (κ1) is 14.5. The zero-order chi connectivity index (χ0) is 13.9. The van der Waals surface area contributed by atoms with Gasteiger partial charge in [0.15, 0.2) is 0 Å². The summed E-state index contributed by atoms with van der Waals surface area (Å²) < 4.78 is 0. The molecule has 0 fully saturated rings. The zero-order valence-corrected chi connectivity index (χ0v) is 12.1. The Morgan fingerprint density at radius 1 is 1.44 bits per heavy atom. The third kappa shape index (κ3) is 3.22. The van der Waals surface area contributed by atoms with Crippen LogP contribution in [0.4, 0.5) is 5.69 Å². The van der Waals surface area contributed by atoms with Crippen LogP contribution < -0.4 is 5.32 Å². The Labute approximate surface area is 109 Å². The smallest absolute Gasteiger partial charge is 0.272 e. The second kappa shape index (κ2) is 5.38. The minimum atomic E-state index is -0.0467. The Hall–Kier alpha value is -1.58. The molecule has 0 bridgehead atoms. The predicted molar refractivity (Wildman–Crippen MR) is 74.8 cm³/mol. The normalized spacial score (nSPS) is 13.0. The van der Waals surface area contributed by atoms with Crippen molar-refractivity contribution in [3.63, 3.8) is 0 Å². The maximum absolute atomic E-state index is 12.3. The van der Waals surface area contributed by atoms with E-state index in [0.717, 1.165) is 5.69 Å². The Balaban J connectivity index is 2.93. The van der Waals surface area contributed by atoms with Crippen molar-refractivity contribution < 1.29 is 4.79 Å². The lowest BCUT2D eigenvalue weighted by molar-refractivity contribution is 0.0623. The maximum atomic E-state index is 12.3. The molecule has 4 nitrogen and oxygen atoms in total.